The standard InChI is InChI=1S/C11H14IN/c1-8(9(2)13)6-10-4-3-5-11(12)7-10/h3-7,9H,13H2,1-2H3/b8-6+. The lowest BCUT2D eigenvalue weighted by molar-refractivity contribution is 0.868. The Morgan fingerprint density at radius 1 is 1.54 bits per heavy atom. The molecule has 1 atom stereocenters. The van der Waals surface area contributed by atoms with Gasteiger partial charge in [0.05, 0.1) is 0 Å². The van der Waals surface area contributed by atoms with E-state index >= 15 is 0 Å². The summed E-state index contributed by atoms with van der Waals surface area (Å²) in [4.78, 5) is 0. The highest BCUT2D eigenvalue weighted by molar-refractivity contribution is 14.1. The highest BCUT2D eigenvalue weighted by atomic mass is 127. The Balaban J connectivity index is 2.91. The maximum Gasteiger partial charge on any atom is 0.0225 e. The molecule has 1 unspecified atom stereocenters. The molecule has 0 bridgehead atoms. The molecule has 2 N–H and O–H groups in total. The zero-order chi connectivity index (χ0) is 9.84. The Morgan fingerprint density at radius 2 is 2.23 bits per heavy atom. The molecule has 1 aromatic rings. The summed E-state index contributed by atoms with van der Waals surface area (Å²) in [6.45, 7) is 4.06. The van der Waals surface area contributed by atoms with Crippen LogP contribution in [-0.2, 0) is 0 Å². The van der Waals surface area contributed by atoms with Gasteiger partial charge in [-0.2, -0.15) is 0 Å². The van der Waals surface area contributed by atoms with Crippen molar-refractivity contribution in [3.63, 3.8) is 0 Å². The summed E-state index contributed by atoms with van der Waals surface area (Å²) in [5.41, 5.74) is 8.19. The summed E-state index contributed by atoms with van der Waals surface area (Å²) in [6.07, 6.45) is 2.13. The van der Waals surface area contributed by atoms with Crippen LogP contribution in [-0.4, -0.2) is 6.04 Å². The van der Waals surface area contributed by atoms with Crippen LogP contribution in [0.15, 0.2) is 29.8 Å². The third kappa shape index (κ3) is 3.48. The van der Waals surface area contributed by atoms with Crippen molar-refractivity contribution in [1.29, 1.82) is 0 Å². The molecule has 0 saturated heterocycles. The van der Waals surface area contributed by atoms with Gasteiger partial charge in [0.25, 0.3) is 0 Å². The van der Waals surface area contributed by atoms with Gasteiger partial charge >= 0.3 is 0 Å². The van der Waals surface area contributed by atoms with Crippen LogP contribution < -0.4 is 5.73 Å². The van der Waals surface area contributed by atoms with Crippen LogP contribution in [0.5, 0.6) is 0 Å². The summed E-state index contributed by atoms with van der Waals surface area (Å²) in [5.74, 6) is 0. The van der Waals surface area contributed by atoms with Gasteiger partial charge in [0.15, 0.2) is 0 Å². The average Bonchev–Trinajstić information content (AvgIpc) is 2.04. The van der Waals surface area contributed by atoms with E-state index in [4.69, 9.17) is 5.73 Å². The lowest BCUT2D eigenvalue weighted by atomic mass is 10.1. The number of hydrogen-bond acceptors (Lipinski definition) is 1. The van der Waals surface area contributed by atoms with Crippen molar-refractivity contribution < 1.29 is 0 Å². The van der Waals surface area contributed by atoms with Gasteiger partial charge < -0.3 is 5.73 Å². The molecule has 0 saturated carbocycles. The molecule has 70 valence electrons. The van der Waals surface area contributed by atoms with Crippen LogP contribution in [0.3, 0.4) is 0 Å². The first-order valence-electron chi connectivity index (χ1n) is 4.29. The monoisotopic (exact) mass is 287 g/mol. The number of halogens is 1. The first-order valence-corrected chi connectivity index (χ1v) is 5.37. The molecule has 0 heterocycles. The van der Waals surface area contributed by atoms with Crippen molar-refractivity contribution >= 4 is 28.7 Å². The van der Waals surface area contributed by atoms with Gasteiger partial charge in [0.2, 0.25) is 0 Å². The minimum Gasteiger partial charge on any atom is -0.324 e. The highest BCUT2D eigenvalue weighted by Crippen LogP contribution is 2.12. The molecule has 1 nitrogen and oxygen atoms in total. The lowest BCUT2D eigenvalue weighted by Crippen LogP contribution is -2.15. The fraction of sp³-hybridized carbons (Fsp3) is 0.273. The van der Waals surface area contributed by atoms with Crippen molar-refractivity contribution in [3.8, 4) is 0 Å². The summed E-state index contributed by atoms with van der Waals surface area (Å²) in [6, 6.07) is 8.51. The molecule has 0 aromatic heterocycles. The summed E-state index contributed by atoms with van der Waals surface area (Å²) in [5, 5.41) is 0. The van der Waals surface area contributed by atoms with Gasteiger partial charge in [-0.3, -0.25) is 0 Å². The highest BCUT2D eigenvalue weighted by Gasteiger charge is 1.96. The van der Waals surface area contributed by atoms with E-state index in [1.165, 1.54) is 14.7 Å². The second-order valence-corrected chi connectivity index (χ2v) is 4.48. The summed E-state index contributed by atoms with van der Waals surface area (Å²) < 4.78 is 1.25. The molecular weight excluding hydrogens is 273 g/mol. The smallest absolute Gasteiger partial charge is 0.0225 e. The van der Waals surface area contributed by atoms with E-state index in [2.05, 4.69) is 59.9 Å². The van der Waals surface area contributed by atoms with Crippen LogP contribution >= 0.6 is 22.6 Å². The average molecular weight is 287 g/mol. The predicted molar refractivity (Wildman–Crippen MR) is 66.5 cm³/mol. The first-order chi connectivity index (χ1) is 6.09. The van der Waals surface area contributed by atoms with Gasteiger partial charge in [0.1, 0.15) is 0 Å². The van der Waals surface area contributed by atoms with Gasteiger partial charge in [-0.1, -0.05) is 23.8 Å². The molecule has 0 radical (unpaired) electrons. The quantitative estimate of drug-likeness (QED) is 0.831. The minimum atomic E-state index is 0.137. The molecule has 0 spiro atoms. The number of nitrogens with two attached hydrogens (primary N) is 1. The van der Waals surface area contributed by atoms with E-state index in [0.29, 0.717) is 0 Å². The maximum absolute atomic E-state index is 5.75. The number of rotatable bonds is 2. The molecule has 0 aliphatic carbocycles. The van der Waals surface area contributed by atoms with Gasteiger partial charge in [-0.05, 0) is 54.1 Å². The largest absolute Gasteiger partial charge is 0.324 e. The molecule has 2 heteroatoms. The van der Waals surface area contributed by atoms with E-state index in [1.807, 2.05) is 6.92 Å². The van der Waals surface area contributed by atoms with Crippen LogP contribution in [0.25, 0.3) is 6.08 Å². The van der Waals surface area contributed by atoms with Gasteiger partial charge in [0, 0.05) is 9.61 Å². The van der Waals surface area contributed by atoms with Crippen molar-refractivity contribution in [3.05, 3.63) is 39.0 Å². The van der Waals surface area contributed by atoms with E-state index in [9.17, 15) is 0 Å². The van der Waals surface area contributed by atoms with Crippen molar-refractivity contribution in [2.24, 2.45) is 5.73 Å². The summed E-state index contributed by atoms with van der Waals surface area (Å²) in [7, 11) is 0. The molecule has 13 heavy (non-hydrogen) atoms. The third-order valence-corrected chi connectivity index (χ3v) is 2.63. The van der Waals surface area contributed by atoms with Gasteiger partial charge in [-0.15, -0.1) is 0 Å². The van der Waals surface area contributed by atoms with Crippen LogP contribution in [0, 0.1) is 3.57 Å². The SMILES string of the molecule is C/C(=C\c1cccc(I)c1)C(C)N. The van der Waals surface area contributed by atoms with E-state index in [0.717, 1.165) is 0 Å². The molecule has 1 rings (SSSR count). The number of benzene rings is 1. The van der Waals surface area contributed by atoms with Crippen LogP contribution in [0.2, 0.25) is 0 Å². The molecule has 0 aliphatic rings. The fourth-order valence-corrected chi connectivity index (χ4v) is 1.56. The molecule has 0 amide bonds. The van der Waals surface area contributed by atoms with E-state index in [-0.39, 0.29) is 6.04 Å². The topological polar surface area (TPSA) is 26.0 Å². The van der Waals surface area contributed by atoms with Crippen LogP contribution in [0.1, 0.15) is 19.4 Å². The fourth-order valence-electron chi connectivity index (χ4n) is 0.991. The molecule has 1 aromatic carbocycles. The second-order valence-electron chi connectivity index (χ2n) is 3.23. The first kappa shape index (κ1) is 10.7. The maximum atomic E-state index is 5.75. The van der Waals surface area contributed by atoms with Crippen molar-refractivity contribution in [2.45, 2.75) is 19.9 Å². The van der Waals surface area contributed by atoms with Crippen molar-refractivity contribution in [1.82, 2.24) is 0 Å². The van der Waals surface area contributed by atoms with Crippen LogP contribution in [0.4, 0.5) is 0 Å². The molecular formula is C11H14IN. The Hall–Kier alpha value is -0.350. The van der Waals surface area contributed by atoms with E-state index in [1.54, 1.807) is 0 Å². The molecule has 0 aliphatic heterocycles. The number of hydrogen-bond donors (Lipinski definition) is 1. The second kappa shape index (κ2) is 4.77. The minimum absolute atomic E-state index is 0.137. The zero-order valence-corrected chi connectivity index (χ0v) is 10.1. The van der Waals surface area contributed by atoms with Crippen molar-refractivity contribution in [2.75, 3.05) is 0 Å². The Kier molecular flexibility index (Phi) is 3.93. The zero-order valence-electron chi connectivity index (χ0n) is 7.92. The predicted octanol–water partition coefficient (Wildman–Crippen LogP) is 3.04. The normalized spacial score (nSPS) is 14.3. The Labute approximate surface area is 93.2 Å². The lowest BCUT2D eigenvalue weighted by Gasteiger charge is -2.05. The molecule has 0 fully saturated rings. The Bertz CT molecular complexity index is 316. The Morgan fingerprint density at radius 3 is 2.77 bits per heavy atom. The van der Waals surface area contributed by atoms with E-state index < -0.39 is 0 Å². The third-order valence-electron chi connectivity index (χ3n) is 1.96. The van der Waals surface area contributed by atoms with Gasteiger partial charge in [-0.25, -0.2) is 0 Å². The summed E-state index contributed by atoms with van der Waals surface area (Å²) >= 11 is 2.31.